The minimum absolute atomic E-state index is 0.0663. The zero-order chi connectivity index (χ0) is 19.2. The van der Waals surface area contributed by atoms with Crippen molar-refractivity contribution in [3.05, 3.63) is 24.3 Å². The van der Waals surface area contributed by atoms with Gasteiger partial charge in [-0.15, -0.1) is 0 Å². The van der Waals surface area contributed by atoms with E-state index in [2.05, 4.69) is 34.2 Å². The highest BCUT2D eigenvalue weighted by atomic mass is 16.5. The Morgan fingerprint density at radius 1 is 1.19 bits per heavy atom. The topological polar surface area (TPSA) is 44.8 Å². The molecule has 1 aromatic carbocycles. The summed E-state index contributed by atoms with van der Waals surface area (Å²) < 4.78 is 5.78. The monoisotopic (exact) mass is 373 g/mol. The summed E-state index contributed by atoms with van der Waals surface area (Å²) in [6.45, 7) is 10.6. The Balaban J connectivity index is 1.53. The van der Waals surface area contributed by atoms with Crippen LogP contribution in [0.2, 0.25) is 0 Å². The third kappa shape index (κ3) is 4.95. The Hall–Kier alpha value is -1.75. The van der Waals surface area contributed by atoms with Gasteiger partial charge in [-0.05, 0) is 44.7 Å². The summed E-state index contributed by atoms with van der Waals surface area (Å²) in [5.74, 6) is 1.74. The highest BCUT2D eigenvalue weighted by Crippen LogP contribution is 2.29. The molecule has 0 bridgehead atoms. The second kappa shape index (κ2) is 9.45. The van der Waals surface area contributed by atoms with Crippen molar-refractivity contribution >= 4 is 11.6 Å². The number of nitrogens with one attached hydrogen (secondary N) is 1. The average Bonchev–Trinajstić information content (AvgIpc) is 2.70. The van der Waals surface area contributed by atoms with Crippen LogP contribution < -0.4 is 15.0 Å². The first-order valence-corrected chi connectivity index (χ1v) is 10.6. The number of hydrogen-bond donors (Lipinski definition) is 1. The number of amides is 1. The standard InChI is InChI=1S/C22H35N3O2/c1-4-27-21-12-8-7-11-20(21)25-15-13-24(14-16-25)18(3)22(26)23-19-10-6-5-9-17(19)2/h7-8,11-12,17-19H,4-6,9-10,13-16H2,1-3H3,(H,23,26)/t17-,18-,19+/m0/s1. The Labute approximate surface area is 164 Å². The van der Waals surface area contributed by atoms with Gasteiger partial charge in [-0.25, -0.2) is 0 Å². The zero-order valence-corrected chi connectivity index (χ0v) is 17.1. The quantitative estimate of drug-likeness (QED) is 0.831. The molecule has 0 aromatic heterocycles. The number of carbonyl (C=O) groups excluding carboxylic acids is 1. The maximum atomic E-state index is 12.8. The molecule has 0 unspecified atom stereocenters. The first kappa shape index (κ1) is 20.0. The lowest BCUT2D eigenvalue weighted by molar-refractivity contribution is -0.127. The maximum Gasteiger partial charge on any atom is 0.237 e. The molecular weight excluding hydrogens is 338 g/mol. The van der Waals surface area contributed by atoms with Gasteiger partial charge in [0.05, 0.1) is 18.3 Å². The van der Waals surface area contributed by atoms with E-state index in [1.165, 1.54) is 19.3 Å². The molecule has 3 atom stereocenters. The van der Waals surface area contributed by atoms with E-state index >= 15 is 0 Å². The van der Waals surface area contributed by atoms with Gasteiger partial charge < -0.3 is 15.0 Å². The molecule has 3 rings (SSSR count). The van der Waals surface area contributed by atoms with Gasteiger partial charge in [-0.1, -0.05) is 31.9 Å². The summed E-state index contributed by atoms with van der Waals surface area (Å²) in [6, 6.07) is 8.53. The van der Waals surface area contributed by atoms with E-state index in [0.717, 1.165) is 44.0 Å². The maximum absolute atomic E-state index is 12.8. The number of para-hydroxylation sites is 2. The Bertz CT molecular complexity index is 613. The Morgan fingerprint density at radius 3 is 2.59 bits per heavy atom. The van der Waals surface area contributed by atoms with E-state index in [9.17, 15) is 4.79 Å². The number of nitrogens with zero attached hydrogens (tertiary/aromatic N) is 2. The molecule has 1 saturated heterocycles. The van der Waals surface area contributed by atoms with E-state index in [4.69, 9.17) is 4.74 Å². The summed E-state index contributed by atoms with van der Waals surface area (Å²) in [5.41, 5.74) is 1.16. The fraction of sp³-hybridized carbons (Fsp3) is 0.682. The van der Waals surface area contributed by atoms with Crippen molar-refractivity contribution in [2.45, 2.75) is 58.5 Å². The van der Waals surface area contributed by atoms with Crippen LogP contribution in [0.4, 0.5) is 5.69 Å². The van der Waals surface area contributed by atoms with Crippen LogP contribution in [-0.2, 0) is 4.79 Å². The molecule has 1 N–H and O–H groups in total. The molecule has 5 heteroatoms. The van der Waals surface area contributed by atoms with Crippen LogP contribution in [0.5, 0.6) is 5.75 Å². The Kier molecular flexibility index (Phi) is 7.00. The van der Waals surface area contributed by atoms with Crippen molar-refractivity contribution in [1.29, 1.82) is 0 Å². The molecule has 1 saturated carbocycles. The molecule has 2 aliphatic rings. The summed E-state index contributed by atoms with van der Waals surface area (Å²) in [7, 11) is 0. The van der Waals surface area contributed by atoms with Crippen LogP contribution >= 0.6 is 0 Å². The van der Waals surface area contributed by atoms with Gasteiger partial charge in [-0.2, -0.15) is 0 Å². The van der Waals surface area contributed by atoms with Crippen molar-refractivity contribution < 1.29 is 9.53 Å². The number of benzene rings is 1. The van der Waals surface area contributed by atoms with Crippen LogP contribution in [0.3, 0.4) is 0 Å². The first-order valence-electron chi connectivity index (χ1n) is 10.6. The van der Waals surface area contributed by atoms with Crippen LogP contribution in [0, 0.1) is 5.92 Å². The van der Waals surface area contributed by atoms with Gasteiger partial charge in [0.1, 0.15) is 5.75 Å². The Morgan fingerprint density at radius 2 is 1.89 bits per heavy atom. The molecule has 1 amide bonds. The minimum atomic E-state index is -0.0663. The van der Waals surface area contributed by atoms with Crippen molar-refractivity contribution in [2.75, 3.05) is 37.7 Å². The molecule has 1 aromatic rings. The lowest BCUT2D eigenvalue weighted by Gasteiger charge is -2.39. The van der Waals surface area contributed by atoms with E-state index in [-0.39, 0.29) is 11.9 Å². The molecule has 2 fully saturated rings. The van der Waals surface area contributed by atoms with Gasteiger partial charge in [0.25, 0.3) is 0 Å². The number of rotatable bonds is 6. The predicted molar refractivity (Wildman–Crippen MR) is 110 cm³/mol. The van der Waals surface area contributed by atoms with Crippen molar-refractivity contribution in [2.24, 2.45) is 5.92 Å². The second-order valence-corrected chi connectivity index (χ2v) is 7.98. The van der Waals surface area contributed by atoms with Gasteiger partial charge in [0.15, 0.2) is 0 Å². The van der Waals surface area contributed by atoms with Crippen molar-refractivity contribution in [3.63, 3.8) is 0 Å². The lowest BCUT2D eigenvalue weighted by Crippen LogP contribution is -2.55. The van der Waals surface area contributed by atoms with E-state index in [0.29, 0.717) is 18.6 Å². The second-order valence-electron chi connectivity index (χ2n) is 7.98. The number of anilines is 1. The fourth-order valence-electron chi connectivity index (χ4n) is 4.35. The van der Waals surface area contributed by atoms with Crippen LogP contribution in [-0.4, -0.2) is 55.7 Å². The van der Waals surface area contributed by atoms with E-state index in [1.54, 1.807) is 0 Å². The molecule has 0 radical (unpaired) electrons. The number of piperazine rings is 1. The molecule has 150 valence electrons. The predicted octanol–water partition coefficient (Wildman–Crippen LogP) is 3.29. The highest BCUT2D eigenvalue weighted by Gasteiger charge is 2.29. The van der Waals surface area contributed by atoms with Crippen molar-refractivity contribution in [3.8, 4) is 5.75 Å². The summed E-state index contributed by atoms with van der Waals surface area (Å²) in [4.78, 5) is 17.4. The van der Waals surface area contributed by atoms with Crippen LogP contribution in [0.25, 0.3) is 0 Å². The number of hydrogen-bond acceptors (Lipinski definition) is 4. The molecule has 5 nitrogen and oxygen atoms in total. The smallest absolute Gasteiger partial charge is 0.237 e. The molecule has 1 aliphatic heterocycles. The number of ether oxygens (including phenoxy) is 1. The third-order valence-electron chi connectivity index (χ3n) is 6.19. The molecule has 27 heavy (non-hydrogen) atoms. The largest absolute Gasteiger partial charge is 0.492 e. The highest BCUT2D eigenvalue weighted by molar-refractivity contribution is 5.81. The summed E-state index contributed by atoms with van der Waals surface area (Å²) >= 11 is 0. The van der Waals surface area contributed by atoms with Gasteiger partial charge in [-0.3, -0.25) is 9.69 Å². The van der Waals surface area contributed by atoms with Crippen LogP contribution in [0.15, 0.2) is 24.3 Å². The van der Waals surface area contributed by atoms with Gasteiger partial charge in [0, 0.05) is 32.2 Å². The minimum Gasteiger partial charge on any atom is -0.492 e. The lowest BCUT2D eigenvalue weighted by atomic mass is 9.86. The molecule has 1 aliphatic carbocycles. The normalized spacial score (nSPS) is 25.1. The van der Waals surface area contributed by atoms with E-state index in [1.807, 2.05) is 26.0 Å². The van der Waals surface area contributed by atoms with Gasteiger partial charge in [0.2, 0.25) is 5.91 Å². The van der Waals surface area contributed by atoms with Crippen molar-refractivity contribution in [1.82, 2.24) is 10.2 Å². The summed E-state index contributed by atoms with van der Waals surface area (Å²) in [6.07, 6.45) is 4.90. The van der Waals surface area contributed by atoms with Crippen LogP contribution in [0.1, 0.15) is 46.5 Å². The van der Waals surface area contributed by atoms with E-state index < -0.39 is 0 Å². The van der Waals surface area contributed by atoms with Gasteiger partial charge >= 0.3 is 0 Å². The first-order chi connectivity index (χ1) is 13.1. The number of carbonyl (C=O) groups is 1. The SMILES string of the molecule is CCOc1ccccc1N1CCN([C@@H](C)C(=O)N[C@@H]2CCCC[C@@H]2C)CC1. The molecule has 1 heterocycles. The molecule has 0 spiro atoms. The fourth-order valence-corrected chi connectivity index (χ4v) is 4.35. The average molecular weight is 374 g/mol. The summed E-state index contributed by atoms with van der Waals surface area (Å²) in [5, 5.41) is 3.32. The zero-order valence-electron chi connectivity index (χ0n) is 17.1. The molecular formula is C22H35N3O2. The third-order valence-corrected chi connectivity index (χ3v) is 6.19.